The van der Waals surface area contributed by atoms with Crippen LogP contribution >= 0.6 is 0 Å². The zero-order chi connectivity index (χ0) is 21.1. The summed E-state index contributed by atoms with van der Waals surface area (Å²) in [7, 11) is -3.77. The summed E-state index contributed by atoms with van der Waals surface area (Å²) >= 11 is 0. The second kappa shape index (κ2) is 8.78. The third-order valence-electron chi connectivity index (χ3n) is 5.93. The number of para-hydroxylation sites is 2. The lowest BCUT2D eigenvalue weighted by Gasteiger charge is -2.35. The largest absolute Gasteiger partial charge is 0.490 e. The highest BCUT2D eigenvalue weighted by Gasteiger charge is 2.36. The Bertz CT molecular complexity index is 998. The van der Waals surface area contributed by atoms with Gasteiger partial charge in [0.25, 0.3) is 0 Å². The standard InChI is InChI=1S/C23H28N2O4S/c1-18-11-13-20(14-12-18)30(27,28)25(19-7-3-2-4-8-19)17-23(26)24-15-16-29-22-10-6-5-9-21(22)24/h5-6,9-14,19H,2-4,7-8,15-17H2,1H3. The smallest absolute Gasteiger partial charge is 0.243 e. The minimum Gasteiger partial charge on any atom is -0.490 e. The Kier molecular flexibility index (Phi) is 6.11. The number of fused-ring (bicyclic) bond motifs is 1. The van der Waals surface area contributed by atoms with Crippen LogP contribution in [0.4, 0.5) is 5.69 Å². The van der Waals surface area contributed by atoms with Gasteiger partial charge in [0.05, 0.1) is 23.7 Å². The maximum absolute atomic E-state index is 13.5. The van der Waals surface area contributed by atoms with Gasteiger partial charge in [0, 0.05) is 6.04 Å². The number of nitrogens with zero attached hydrogens (tertiary/aromatic N) is 2. The van der Waals surface area contributed by atoms with E-state index in [4.69, 9.17) is 4.74 Å². The highest BCUT2D eigenvalue weighted by atomic mass is 32.2. The van der Waals surface area contributed by atoms with Gasteiger partial charge in [-0.3, -0.25) is 4.79 Å². The van der Waals surface area contributed by atoms with E-state index in [1.54, 1.807) is 29.2 Å². The van der Waals surface area contributed by atoms with E-state index in [9.17, 15) is 13.2 Å². The molecule has 4 rings (SSSR count). The second-order valence-electron chi connectivity index (χ2n) is 8.02. The Morgan fingerprint density at radius 2 is 1.77 bits per heavy atom. The molecule has 0 N–H and O–H groups in total. The third kappa shape index (κ3) is 4.23. The van der Waals surface area contributed by atoms with Crippen LogP contribution in [0.2, 0.25) is 0 Å². The topological polar surface area (TPSA) is 66.9 Å². The summed E-state index contributed by atoms with van der Waals surface area (Å²) in [6, 6.07) is 14.1. The normalized spacial score (nSPS) is 17.5. The molecule has 1 aliphatic heterocycles. The molecular formula is C23H28N2O4S. The van der Waals surface area contributed by atoms with Crippen LogP contribution < -0.4 is 9.64 Å². The first-order valence-electron chi connectivity index (χ1n) is 10.6. The molecule has 0 spiro atoms. The van der Waals surface area contributed by atoms with Gasteiger partial charge in [0.1, 0.15) is 12.4 Å². The molecule has 1 amide bonds. The van der Waals surface area contributed by atoms with Crippen molar-refractivity contribution in [1.29, 1.82) is 0 Å². The number of anilines is 1. The highest BCUT2D eigenvalue weighted by Crippen LogP contribution is 2.32. The summed E-state index contributed by atoms with van der Waals surface area (Å²) in [6.07, 6.45) is 4.66. The fraction of sp³-hybridized carbons (Fsp3) is 0.435. The number of benzene rings is 2. The molecule has 0 bridgehead atoms. The molecule has 0 atom stereocenters. The zero-order valence-electron chi connectivity index (χ0n) is 17.3. The van der Waals surface area contributed by atoms with Crippen molar-refractivity contribution in [2.75, 3.05) is 24.6 Å². The lowest BCUT2D eigenvalue weighted by atomic mass is 9.95. The van der Waals surface area contributed by atoms with Gasteiger partial charge in [-0.25, -0.2) is 8.42 Å². The van der Waals surface area contributed by atoms with Crippen molar-refractivity contribution >= 4 is 21.6 Å². The zero-order valence-corrected chi connectivity index (χ0v) is 18.1. The lowest BCUT2D eigenvalue weighted by molar-refractivity contribution is -0.119. The molecule has 2 aromatic carbocycles. The van der Waals surface area contributed by atoms with E-state index in [1.165, 1.54) is 4.31 Å². The summed E-state index contributed by atoms with van der Waals surface area (Å²) in [5, 5.41) is 0. The molecule has 1 saturated carbocycles. The average molecular weight is 429 g/mol. The predicted molar refractivity (Wildman–Crippen MR) is 116 cm³/mol. The molecule has 1 aliphatic carbocycles. The summed E-state index contributed by atoms with van der Waals surface area (Å²) in [5.41, 5.74) is 1.70. The SMILES string of the molecule is Cc1ccc(S(=O)(=O)N(CC(=O)N2CCOc3ccccc32)C2CCCCC2)cc1. The van der Waals surface area contributed by atoms with Crippen molar-refractivity contribution in [3.63, 3.8) is 0 Å². The van der Waals surface area contributed by atoms with Crippen LogP contribution in [-0.4, -0.2) is 44.4 Å². The van der Waals surface area contributed by atoms with E-state index in [2.05, 4.69) is 0 Å². The Labute approximate surface area is 178 Å². The van der Waals surface area contributed by atoms with Gasteiger partial charge in [-0.15, -0.1) is 0 Å². The summed E-state index contributed by atoms with van der Waals surface area (Å²) in [5.74, 6) is 0.440. The molecule has 0 unspecified atom stereocenters. The second-order valence-corrected chi connectivity index (χ2v) is 9.91. The minimum absolute atomic E-state index is 0.148. The molecule has 0 radical (unpaired) electrons. The molecule has 2 aliphatic rings. The van der Waals surface area contributed by atoms with Gasteiger partial charge < -0.3 is 9.64 Å². The van der Waals surface area contributed by atoms with E-state index in [0.29, 0.717) is 24.6 Å². The van der Waals surface area contributed by atoms with Crippen LogP contribution in [-0.2, 0) is 14.8 Å². The molecular weight excluding hydrogens is 400 g/mol. The van der Waals surface area contributed by atoms with E-state index >= 15 is 0 Å². The van der Waals surface area contributed by atoms with Crippen LogP contribution in [0.3, 0.4) is 0 Å². The molecule has 6 nitrogen and oxygen atoms in total. The highest BCUT2D eigenvalue weighted by molar-refractivity contribution is 7.89. The lowest BCUT2D eigenvalue weighted by Crippen LogP contribution is -2.49. The van der Waals surface area contributed by atoms with Crippen molar-refractivity contribution < 1.29 is 17.9 Å². The minimum atomic E-state index is -3.77. The molecule has 7 heteroatoms. The summed E-state index contributed by atoms with van der Waals surface area (Å²) < 4.78 is 34.2. The van der Waals surface area contributed by atoms with Gasteiger partial charge >= 0.3 is 0 Å². The first-order valence-corrected chi connectivity index (χ1v) is 12.0. The summed E-state index contributed by atoms with van der Waals surface area (Å²) in [6.45, 7) is 2.58. The van der Waals surface area contributed by atoms with E-state index in [1.807, 2.05) is 31.2 Å². The number of rotatable bonds is 5. The van der Waals surface area contributed by atoms with Crippen molar-refractivity contribution in [3.8, 4) is 5.75 Å². The fourth-order valence-electron chi connectivity index (χ4n) is 4.27. The van der Waals surface area contributed by atoms with E-state index in [0.717, 1.165) is 37.7 Å². The van der Waals surface area contributed by atoms with E-state index < -0.39 is 10.0 Å². The predicted octanol–water partition coefficient (Wildman–Crippen LogP) is 3.74. The number of hydrogen-bond acceptors (Lipinski definition) is 4. The van der Waals surface area contributed by atoms with Gasteiger partial charge in [-0.05, 0) is 44.0 Å². The van der Waals surface area contributed by atoms with Crippen LogP contribution in [0.25, 0.3) is 0 Å². The number of aryl methyl sites for hydroxylation is 1. The first-order chi connectivity index (χ1) is 14.5. The van der Waals surface area contributed by atoms with Crippen molar-refractivity contribution in [3.05, 3.63) is 54.1 Å². The monoisotopic (exact) mass is 428 g/mol. The van der Waals surface area contributed by atoms with Crippen LogP contribution in [0.5, 0.6) is 5.75 Å². The average Bonchev–Trinajstić information content (AvgIpc) is 2.77. The van der Waals surface area contributed by atoms with Crippen LogP contribution in [0, 0.1) is 6.92 Å². The number of carbonyl (C=O) groups excluding carboxylic acids is 1. The number of sulfonamides is 1. The quantitative estimate of drug-likeness (QED) is 0.728. The number of hydrogen-bond donors (Lipinski definition) is 0. The van der Waals surface area contributed by atoms with Gasteiger partial charge in [-0.1, -0.05) is 49.1 Å². The van der Waals surface area contributed by atoms with E-state index in [-0.39, 0.29) is 23.4 Å². The number of carbonyl (C=O) groups is 1. The molecule has 0 saturated heterocycles. The Balaban J connectivity index is 1.64. The number of ether oxygens (including phenoxy) is 1. The third-order valence-corrected chi connectivity index (χ3v) is 7.84. The maximum atomic E-state index is 13.5. The van der Waals surface area contributed by atoms with Gasteiger partial charge in [0.2, 0.25) is 15.9 Å². The molecule has 2 aromatic rings. The van der Waals surface area contributed by atoms with Crippen molar-refractivity contribution in [2.45, 2.75) is 50.0 Å². The Morgan fingerprint density at radius 3 is 2.50 bits per heavy atom. The van der Waals surface area contributed by atoms with Gasteiger partial charge in [-0.2, -0.15) is 4.31 Å². The van der Waals surface area contributed by atoms with Crippen molar-refractivity contribution in [1.82, 2.24) is 4.31 Å². The Hall–Kier alpha value is -2.38. The van der Waals surface area contributed by atoms with Gasteiger partial charge in [0.15, 0.2) is 0 Å². The van der Waals surface area contributed by atoms with Crippen LogP contribution in [0.15, 0.2) is 53.4 Å². The molecule has 1 heterocycles. The number of amides is 1. The Morgan fingerprint density at radius 1 is 1.07 bits per heavy atom. The maximum Gasteiger partial charge on any atom is 0.243 e. The molecule has 160 valence electrons. The fourth-order valence-corrected chi connectivity index (χ4v) is 5.91. The molecule has 30 heavy (non-hydrogen) atoms. The summed E-state index contributed by atoms with van der Waals surface area (Å²) in [4.78, 5) is 15.2. The molecule has 0 aromatic heterocycles. The molecule has 1 fully saturated rings. The van der Waals surface area contributed by atoms with Crippen LogP contribution in [0.1, 0.15) is 37.7 Å². The van der Waals surface area contributed by atoms with Crippen molar-refractivity contribution in [2.24, 2.45) is 0 Å². The first kappa shape index (κ1) is 20.9.